The summed E-state index contributed by atoms with van der Waals surface area (Å²) in [5.74, 6) is -1.42. The number of anilines is 1. The van der Waals surface area contributed by atoms with Crippen LogP contribution < -0.4 is 5.32 Å². The third-order valence-corrected chi connectivity index (χ3v) is 5.84. The summed E-state index contributed by atoms with van der Waals surface area (Å²) in [6.07, 6.45) is 1.61. The lowest BCUT2D eigenvalue weighted by Gasteiger charge is -2.36. The van der Waals surface area contributed by atoms with Crippen LogP contribution in [0.3, 0.4) is 0 Å². The van der Waals surface area contributed by atoms with Crippen LogP contribution in [0.15, 0.2) is 18.2 Å². The SMILES string of the molecule is Cc1ccc(NC(=O)N2CCN(C(=O)[C@@H]3CC[C@H](C(=O)O)C3)CC2)cc1Cl. The van der Waals surface area contributed by atoms with E-state index in [-0.39, 0.29) is 17.9 Å². The van der Waals surface area contributed by atoms with Gasteiger partial charge in [0.15, 0.2) is 0 Å². The van der Waals surface area contributed by atoms with E-state index in [0.717, 1.165) is 5.56 Å². The zero-order chi connectivity index (χ0) is 19.6. The van der Waals surface area contributed by atoms with Gasteiger partial charge in [0.2, 0.25) is 5.91 Å². The Balaban J connectivity index is 1.49. The zero-order valence-electron chi connectivity index (χ0n) is 15.3. The summed E-state index contributed by atoms with van der Waals surface area (Å²) in [5.41, 5.74) is 1.58. The number of carboxylic acids is 1. The van der Waals surface area contributed by atoms with Crippen molar-refractivity contribution in [2.45, 2.75) is 26.2 Å². The number of aliphatic carboxylic acids is 1. The number of rotatable bonds is 3. The first-order valence-electron chi connectivity index (χ1n) is 9.19. The number of urea groups is 1. The van der Waals surface area contributed by atoms with Crippen LogP contribution in [0.25, 0.3) is 0 Å². The van der Waals surface area contributed by atoms with Gasteiger partial charge < -0.3 is 20.2 Å². The highest BCUT2D eigenvalue weighted by Gasteiger charge is 2.36. The molecule has 0 unspecified atom stereocenters. The highest BCUT2D eigenvalue weighted by Crippen LogP contribution is 2.32. The van der Waals surface area contributed by atoms with Gasteiger partial charge in [-0.2, -0.15) is 0 Å². The molecule has 1 saturated heterocycles. The van der Waals surface area contributed by atoms with E-state index in [2.05, 4.69) is 5.32 Å². The van der Waals surface area contributed by atoms with E-state index in [0.29, 0.717) is 56.2 Å². The van der Waals surface area contributed by atoms with Crippen molar-refractivity contribution in [3.05, 3.63) is 28.8 Å². The van der Waals surface area contributed by atoms with Crippen LogP contribution in [-0.4, -0.2) is 59.0 Å². The van der Waals surface area contributed by atoms with Gasteiger partial charge in [0.1, 0.15) is 0 Å². The minimum Gasteiger partial charge on any atom is -0.481 e. The van der Waals surface area contributed by atoms with E-state index < -0.39 is 11.9 Å². The fourth-order valence-electron chi connectivity index (χ4n) is 3.69. The number of aryl methyl sites for hydroxylation is 1. The van der Waals surface area contributed by atoms with Crippen molar-refractivity contribution in [3.63, 3.8) is 0 Å². The van der Waals surface area contributed by atoms with E-state index in [1.165, 1.54) is 0 Å². The number of benzene rings is 1. The van der Waals surface area contributed by atoms with Crippen molar-refractivity contribution < 1.29 is 19.5 Å². The molecular weight excluding hydrogens is 370 g/mol. The maximum Gasteiger partial charge on any atom is 0.321 e. The number of hydrogen-bond acceptors (Lipinski definition) is 3. The van der Waals surface area contributed by atoms with Gasteiger partial charge >= 0.3 is 12.0 Å². The number of carboxylic acid groups (broad SMARTS) is 1. The molecule has 8 heteroatoms. The van der Waals surface area contributed by atoms with Gasteiger partial charge in [0.05, 0.1) is 5.92 Å². The minimum absolute atomic E-state index is 0.0177. The molecule has 27 heavy (non-hydrogen) atoms. The van der Waals surface area contributed by atoms with Crippen LogP contribution >= 0.6 is 11.6 Å². The maximum atomic E-state index is 12.6. The molecule has 1 aromatic carbocycles. The normalized spacial score (nSPS) is 22.6. The third-order valence-electron chi connectivity index (χ3n) is 5.43. The number of carbonyl (C=O) groups excluding carboxylic acids is 2. The number of amides is 3. The molecule has 0 bridgehead atoms. The van der Waals surface area contributed by atoms with Gasteiger partial charge in [0, 0.05) is 42.8 Å². The van der Waals surface area contributed by atoms with Gasteiger partial charge in [-0.05, 0) is 43.9 Å². The molecule has 1 aliphatic heterocycles. The zero-order valence-corrected chi connectivity index (χ0v) is 16.0. The summed E-state index contributed by atoms with van der Waals surface area (Å²) >= 11 is 6.08. The molecule has 146 valence electrons. The molecule has 1 aliphatic carbocycles. The van der Waals surface area contributed by atoms with E-state index >= 15 is 0 Å². The molecule has 0 spiro atoms. The average Bonchev–Trinajstić information content (AvgIpc) is 3.15. The van der Waals surface area contributed by atoms with Crippen molar-refractivity contribution in [3.8, 4) is 0 Å². The second-order valence-electron chi connectivity index (χ2n) is 7.25. The summed E-state index contributed by atoms with van der Waals surface area (Å²) in [6.45, 7) is 3.73. The summed E-state index contributed by atoms with van der Waals surface area (Å²) < 4.78 is 0. The monoisotopic (exact) mass is 393 g/mol. The van der Waals surface area contributed by atoms with Crippen LogP contribution in [0.5, 0.6) is 0 Å². The average molecular weight is 394 g/mol. The molecule has 1 heterocycles. The van der Waals surface area contributed by atoms with Gasteiger partial charge in [-0.15, -0.1) is 0 Å². The quantitative estimate of drug-likeness (QED) is 0.826. The number of hydrogen-bond donors (Lipinski definition) is 2. The molecule has 2 aliphatic rings. The largest absolute Gasteiger partial charge is 0.481 e. The minimum atomic E-state index is -0.817. The van der Waals surface area contributed by atoms with Crippen LogP contribution in [0.2, 0.25) is 5.02 Å². The first kappa shape index (κ1) is 19.5. The lowest BCUT2D eigenvalue weighted by Crippen LogP contribution is -2.52. The molecule has 0 aromatic heterocycles. The highest BCUT2D eigenvalue weighted by molar-refractivity contribution is 6.31. The molecule has 2 fully saturated rings. The smallest absolute Gasteiger partial charge is 0.321 e. The van der Waals surface area contributed by atoms with Crippen molar-refractivity contribution in [1.82, 2.24) is 9.80 Å². The Hall–Kier alpha value is -2.28. The van der Waals surface area contributed by atoms with Gasteiger partial charge in [-0.25, -0.2) is 4.79 Å². The lowest BCUT2D eigenvalue weighted by atomic mass is 10.0. The molecule has 3 amide bonds. The highest BCUT2D eigenvalue weighted by atomic mass is 35.5. The number of nitrogens with zero attached hydrogens (tertiary/aromatic N) is 2. The van der Waals surface area contributed by atoms with Gasteiger partial charge in [-0.1, -0.05) is 17.7 Å². The molecule has 2 atom stereocenters. The van der Waals surface area contributed by atoms with E-state index in [9.17, 15) is 14.4 Å². The predicted octanol–water partition coefficient (Wildman–Crippen LogP) is 2.83. The van der Waals surface area contributed by atoms with Crippen LogP contribution in [0, 0.1) is 18.8 Å². The Kier molecular flexibility index (Phi) is 5.89. The molecule has 3 rings (SSSR count). The Labute approximate surface area is 163 Å². The van der Waals surface area contributed by atoms with Gasteiger partial charge in [-0.3, -0.25) is 9.59 Å². The molecule has 7 nitrogen and oxygen atoms in total. The summed E-state index contributed by atoms with van der Waals surface area (Å²) in [5, 5.41) is 12.5. The molecule has 1 saturated carbocycles. The number of halogens is 1. The van der Waals surface area contributed by atoms with Crippen LogP contribution in [0.4, 0.5) is 10.5 Å². The van der Waals surface area contributed by atoms with Crippen molar-refractivity contribution in [2.75, 3.05) is 31.5 Å². The first-order chi connectivity index (χ1) is 12.8. The molecule has 1 aromatic rings. The first-order valence-corrected chi connectivity index (χ1v) is 9.56. The van der Waals surface area contributed by atoms with Crippen LogP contribution in [-0.2, 0) is 9.59 Å². The fraction of sp³-hybridized carbons (Fsp3) is 0.526. The van der Waals surface area contributed by atoms with E-state index in [1.807, 2.05) is 13.0 Å². The van der Waals surface area contributed by atoms with Crippen molar-refractivity contribution in [2.24, 2.45) is 11.8 Å². The third kappa shape index (κ3) is 4.53. The Bertz CT molecular complexity index is 746. The molecule has 0 radical (unpaired) electrons. The predicted molar refractivity (Wildman–Crippen MR) is 102 cm³/mol. The Morgan fingerprint density at radius 1 is 1.07 bits per heavy atom. The second kappa shape index (κ2) is 8.17. The summed E-state index contributed by atoms with van der Waals surface area (Å²) in [4.78, 5) is 39.5. The van der Waals surface area contributed by atoms with Crippen molar-refractivity contribution >= 4 is 35.2 Å². The Morgan fingerprint density at radius 3 is 2.30 bits per heavy atom. The second-order valence-corrected chi connectivity index (χ2v) is 7.66. The van der Waals surface area contributed by atoms with E-state index in [4.69, 9.17) is 16.7 Å². The van der Waals surface area contributed by atoms with Crippen molar-refractivity contribution in [1.29, 1.82) is 0 Å². The van der Waals surface area contributed by atoms with E-state index in [1.54, 1.807) is 21.9 Å². The lowest BCUT2D eigenvalue weighted by molar-refractivity contribution is -0.141. The van der Waals surface area contributed by atoms with Crippen LogP contribution in [0.1, 0.15) is 24.8 Å². The standard InChI is InChI=1S/C19H24ClN3O4/c1-12-2-5-15(11-16(12)20)21-19(27)23-8-6-22(7-9-23)17(24)13-3-4-14(10-13)18(25)26/h2,5,11,13-14H,3-4,6-10H2,1H3,(H,21,27)(H,25,26)/t13-,14+/m1/s1. The maximum absolute atomic E-state index is 12.6. The fourth-order valence-corrected chi connectivity index (χ4v) is 3.87. The Morgan fingerprint density at radius 2 is 1.70 bits per heavy atom. The topological polar surface area (TPSA) is 90.0 Å². The molecule has 2 N–H and O–H groups in total. The molecular formula is C19H24ClN3O4. The summed E-state index contributed by atoms with van der Waals surface area (Å²) in [7, 11) is 0. The number of nitrogens with one attached hydrogen (secondary N) is 1. The summed E-state index contributed by atoms with van der Waals surface area (Å²) in [6, 6.07) is 5.15. The van der Waals surface area contributed by atoms with Gasteiger partial charge in [0.25, 0.3) is 0 Å². The number of carbonyl (C=O) groups is 3. The number of piperazine rings is 1.